The van der Waals surface area contributed by atoms with Crippen molar-refractivity contribution >= 4 is 35.0 Å². The van der Waals surface area contributed by atoms with Gasteiger partial charge in [-0.2, -0.15) is 18.2 Å². The molecule has 0 saturated carbocycles. The predicted octanol–water partition coefficient (Wildman–Crippen LogP) is 2.05. The molecule has 3 aliphatic heterocycles. The van der Waals surface area contributed by atoms with Gasteiger partial charge in [-0.3, -0.25) is 9.69 Å². The summed E-state index contributed by atoms with van der Waals surface area (Å²) in [5.74, 6) is 1.18. The standard InChI is InChI=1S/C26H27F3N8O3/c1-17-19(34-25(39)32-15-26(27,28)29)3-2-4-21(17)37-14-20(23-30-7-8-36(23)16-37)33-22-6-5-18(13-31-22)24(38)35-9-11-40-12-10-35/h2-8,13-14H,9-12,15-16H2,1H3,(H,31,33)(H2,32,34,39)/p+1. The molecular formula is C26H28F3N8O3+. The zero-order chi connectivity index (χ0) is 28.3. The second kappa shape index (κ2) is 11.4. The molecule has 14 heteroatoms. The molecule has 0 spiro atoms. The van der Waals surface area contributed by atoms with Crippen molar-refractivity contribution in [3.8, 4) is 0 Å². The molecular weight excluding hydrogens is 529 g/mol. The summed E-state index contributed by atoms with van der Waals surface area (Å²) in [6.07, 6.45) is 2.49. The smallest absolute Gasteiger partial charge is 0.378 e. The number of rotatable bonds is 6. The number of halogens is 3. The fraction of sp³-hybridized carbons (Fsp3) is 0.308. The topological polar surface area (TPSA) is 116 Å². The van der Waals surface area contributed by atoms with Gasteiger partial charge >= 0.3 is 12.2 Å². The van der Waals surface area contributed by atoms with E-state index in [0.29, 0.717) is 61.3 Å². The molecule has 4 N–H and O–H groups in total. The molecule has 1 saturated heterocycles. The molecule has 1 unspecified atom stereocenters. The van der Waals surface area contributed by atoms with Crippen molar-refractivity contribution in [2.45, 2.75) is 13.1 Å². The number of amides is 3. The lowest BCUT2D eigenvalue weighted by Gasteiger charge is -2.31. The number of nitrogens with zero attached hydrogens (tertiary/aromatic N) is 4. The van der Waals surface area contributed by atoms with Crippen LogP contribution in [0.3, 0.4) is 0 Å². The number of amidine groups is 1. The highest BCUT2D eigenvalue weighted by Crippen LogP contribution is 2.28. The molecule has 40 heavy (non-hydrogen) atoms. The number of morpholine rings is 1. The minimum absolute atomic E-state index is 0.0959. The van der Waals surface area contributed by atoms with E-state index in [4.69, 9.17) is 4.74 Å². The summed E-state index contributed by atoms with van der Waals surface area (Å²) in [7, 11) is 0. The van der Waals surface area contributed by atoms with E-state index >= 15 is 0 Å². The van der Waals surface area contributed by atoms with Crippen molar-refractivity contribution in [2.24, 2.45) is 4.99 Å². The maximum atomic E-state index is 12.7. The molecule has 4 heterocycles. The molecule has 3 amide bonds. The van der Waals surface area contributed by atoms with E-state index in [9.17, 15) is 22.8 Å². The minimum Gasteiger partial charge on any atom is -0.378 e. The highest BCUT2D eigenvalue weighted by Gasteiger charge is 2.32. The van der Waals surface area contributed by atoms with Crippen LogP contribution in [-0.4, -0.2) is 73.4 Å². The third-order valence-corrected chi connectivity index (χ3v) is 6.55. The first kappa shape index (κ1) is 27.1. The van der Waals surface area contributed by atoms with Gasteiger partial charge in [0.25, 0.3) is 11.7 Å². The molecule has 1 aromatic heterocycles. The summed E-state index contributed by atoms with van der Waals surface area (Å²) in [6.45, 7) is 2.96. The molecule has 1 fully saturated rings. The number of carbonyl (C=O) groups excluding carboxylic acids is 2. The number of hydrogen-bond acceptors (Lipinski definition) is 7. The zero-order valence-electron chi connectivity index (χ0n) is 21.6. The van der Waals surface area contributed by atoms with E-state index < -0.39 is 18.8 Å². The normalized spacial score (nSPS) is 18.6. The fourth-order valence-corrected chi connectivity index (χ4v) is 4.52. The van der Waals surface area contributed by atoms with Gasteiger partial charge in [-0.05, 0) is 36.8 Å². The molecule has 1 aromatic carbocycles. The van der Waals surface area contributed by atoms with Crippen LogP contribution in [0.1, 0.15) is 15.9 Å². The van der Waals surface area contributed by atoms with Crippen LogP contribution < -0.4 is 25.8 Å². The number of ether oxygens (including phenoxy) is 1. The van der Waals surface area contributed by atoms with Gasteiger partial charge in [0.05, 0.1) is 30.7 Å². The lowest BCUT2D eigenvalue weighted by Crippen LogP contribution is -3.12. The first-order chi connectivity index (χ1) is 19.2. The average Bonchev–Trinajstić information content (AvgIpc) is 3.42. The average molecular weight is 558 g/mol. The zero-order valence-corrected chi connectivity index (χ0v) is 21.6. The van der Waals surface area contributed by atoms with Gasteiger partial charge in [-0.1, -0.05) is 6.07 Å². The number of anilines is 3. The van der Waals surface area contributed by atoms with E-state index in [-0.39, 0.29) is 5.91 Å². The summed E-state index contributed by atoms with van der Waals surface area (Å²) in [5, 5.41) is 7.59. The summed E-state index contributed by atoms with van der Waals surface area (Å²) in [5.41, 5.74) is 2.96. The maximum Gasteiger partial charge on any atom is 0.405 e. The molecule has 11 nitrogen and oxygen atoms in total. The monoisotopic (exact) mass is 557 g/mol. The summed E-state index contributed by atoms with van der Waals surface area (Å²) < 4.78 is 42.7. The first-order valence-corrected chi connectivity index (χ1v) is 12.6. The number of urea groups is 1. The Hall–Kier alpha value is -4.43. The number of nitrogens with one attached hydrogen (secondary N) is 4. The Labute approximate surface area is 228 Å². The van der Waals surface area contributed by atoms with Crippen molar-refractivity contribution < 1.29 is 32.4 Å². The largest absolute Gasteiger partial charge is 0.405 e. The Morgan fingerprint density at radius 2 is 1.95 bits per heavy atom. The lowest BCUT2D eigenvalue weighted by atomic mass is 10.1. The summed E-state index contributed by atoms with van der Waals surface area (Å²) in [4.78, 5) is 38.3. The van der Waals surface area contributed by atoms with Crippen LogP contribution in [0.25, 0.3) is 0 Å². The van der Waals surface area contributed by atoms with Gasteiger partial charge in [0.15, 0.2) is 6.67 Å². The van der Waals surface area contributed by atoms with Crippen LogP contribution in [0, 0.1) is 6.92 Å². The van der Waals surface area contributed by atoms with Crippen LogP contribution in [-0.2, 0) is 4.74 Å². The van der Waals surface area contributed by atoms with E-state index in [1.165, 1.54) is 6.20 Å². The lowest BCUT2D eigenvalue weighted by molar-refractivity contribution is -0.743. The van der Waals surface area contributed by atoms with Crippen LogP contribution in [0.2, 0.25) is 0 Å². The Morgan fingerprint density at radius 3 is 2.67 bits per heavy atom. The van der Waals surface area contributed by atoms with Crippen LogP contribution >= 0.6 is 0 Å². The Balaban J connectivity index is 1.33. The third kappa shape index (κ3) is 6.24. The number of fused-ring (bicyclic) bond motifs is 1. The number of pyridine rings is 1. The van der Waals surface area contributed by atoms with Gasteiger partial charge in [-0.25, -0.2) is 14.7 Å². The molecule has 0 aliphatic carbocycles. The SMILES string of the molecule is Cc1c(NC(=O)NCC(F)(F)F)cccc1N1C=C(Nc2ccc(C(=O)N3CCOCC3)cn2)C2=NC=C[NH+]2C1. The Morgan fingerprint density at radius 1 is 1.15 bits per heavy atom. The van der Waals surface area contributed by atoms with Crippen LogP contribution in [0.4, 0.5) is 35.2 Å². The quantitative estimate of drug-likeness (QED) is 0.432. The van der Waals surface area contributed by atoms with Crippen LogP contribution in [0.5, 0.6) is 0 Å². The number of quaternary nitrogens is 1. The second-order valence-corrected chi connectivity index (χ2v) is 9.32. The number of aliphatic imine (C=N–C) groups is 1. The summed E-state index contributed by atoms with van der Waals surface area (Å²) >= 11 is 0. The molecule has 0 bridgehead atoms. The fourth-order valence-electron chi connectivity index (χ4n) is 4.52. The molecule has 3 aliphatic rings. The van der Waals surface area contributed by atoms with E-state index in [0.717, 1.165) is 16.4 Å². The Bertz CT molecular complexity index is 1370. The highest BCUT2D eigenvalue weighted by atomic mass is 19.4. The van der Waals surface area contributed by atoms with Crippen molar-refractivity contribution in [1.29, 1.82) is 0 Å². The summed E-state index contributed by atoms with van der Waals surface area (Å²) in [6, 6.07) is 7.69. The van der Waals surface area contributed by atoms with Gasteiger partial charge in [0.1, 0.15) is 24.3 Å². The first-order valence-electron chi connectivity index (χ1n) is 12.6. The van der Waals surface area contributed by atoms with E-state index in [1.807, 2.05) is 28.7 Å². The number of carbonyl (C=O) groups is 2. The van der Waals surface area contributed by atoms with E-state index in [2.05, 4.69) is 20.6 Å². The molecule has 210 valence electrons. The number of aromatic nitrogens is 1. The van der Waals surface area contributed by atoms with E-state index in [1.54, 1.807) is 42.3 Å². The highest BCUT2D eigenvalue weighted by molar-refractivity contribution is 5.98. The van der Waals surface area contributed by atoms with Crippen molar-refractivity contribution in [3.05, 3.63) is 72.0 Å². The molecule has 5 rings (SSSR count). The van der Waals surface area contributed by atoms with Crippen molar-refractivity contribution in [3.63, 3.8) is 0 Å². The van der Waals surface area contributed by atoms with Gasteiger partial charge in [-0.15, -0.1) is 0 Å². The number of benzene rings is 1. The molecule has 0 radical (unpaired) electrons. The minimum atomic E-state index is -4.50. The molecule has 2 aromatic rings. The predicted molar refractivity (Wildman–Crippen MR) is 142 cm³/mol. The second-order valence-electron chi connectivity index (χ2n) is 9.32. The number of hydrogen-bond donors (Lipinski definition) is 4. The van der Waals surface area contributed by atoms with Crippen molar-refractivity contribution in [1.82, 2.24) is 15.2 Å². The van der Waals surface area contributed by atoms with Crippen molar-refractivity contribution in [2.75, 3.05) is 55.1 Å². The maximum absolute atomic E-state index is 12.7. The Kier molecular flexibility index (Phi) is 7.71. The van der Waals surface area contributed by atoms with Crippen LogP contribution in [0.15, 0.2) is 65.8 Å². The van der Waals surface area contributed by atoms with Gasteiger partial charge in [0, 0.05) is 31.2 Å². The van der Waals surface area contributed by atoms with Gasteiger partial charge < -0.3 is 25.6 Å². The van der Waals surface area contributed by atoms with Gasteiger partial charge in [0.2, 0.25) is 0 Å². The third-order valence-electron chi connectivity index (χ3n) is 6.55. The molecule has 1 atom stereocenters. The number of alkyl halides is 3.